The lowest BCUT2D eigenvalue weighted by Gasteiger charge is -2.32. The first-order valence-electron chi connectivity index (χ1n) is 7.49. The van der Waals surface area contributed by atoms with Crippen molar-refractivity contribution in [3.05, 3.63) is 12.5 Å². The smallest absolute Gasteiger partial charge is 0.163 e. The molecule has 0 amide bonds. The van der Waals surface area contributed by atoms with Gasteiger partial charge in [-0.2, -0.15) is 5.10 Å². The van der Waals surface area contributed by atoms with Gasteiger partial charge >= 0.3 is 0 Å². The molecule has 0 saturated carbocycles. The van der Waals surface area contributed by atoms with Crippen molar-refractivity contribution < 1.29 is 4.74 Å². The number of aromatic nitrogens is 4. The third-order valence-corrected chi connectivity index (χ3v) is 3.95. The standard InChI is InChI=1S/C14H22N6O/c1-19-13-12(9-18-19)14(17-10-16-13)20-6-3-11(4-7-20)21-8-2-5-15/h9-11H,2-8,15H2,1H3. The number of hydrogen-bond donors (Lipinski definition) is 1. The summed E-state index contributed by atoms with van der Waals surface area (Å²) in [6.45, 7) is 3.36. The molecule has 2 aromatic rings. The number of piperidine rings is 1. The van der Waals surface area contributed by atoms with Crippen LogP contribution in [-0.2, 0) is 11.8 Å². The minimum Gasteiger partial charge on any atom is -0.378 e. The van der Waals surface area contributed by atoms with E-state index in [2.05, 4.69) is 20.0 Å². The SMILES string of the molecule is Cn1ncc2c(N3CCC(OCCCN)CC3)ncnc21. The van der Waals surface area contributed by atoms with Crippen LogP contribution in [-0.4, -0.2) is 52.1 Å². The molecule has 0 aliphatic carbocycles. The Labute approximate surface area is 124 Å². The lowest BCUT2D eigenvalue weighted by molar-refractivity contribution is 0.0366. The predicted molar refractivity (Wildman–Crippen MR) is 81.2 cm³/mol. The first-order chi connectivity index (χ1) is 10.3. The maximum atomic E-state index is 5.84. The Morgan fingerprint density at radius 3 is 2.90 bits per heavy atom. The molecule has 0 spiro atoms. The molecule has 0 bridgehead atoms. The largest absolute Gasteiger partial charge is 0.378 e. The van der Waals surface area contributed by atoms with E-state index in [1.165, 1.54) is 0 Å². The topological polar surface area (TPSA) is 82.1 Å². The van der Waals surface area contributed by atoms with Crippen LogP contribution in [0.4, 0.5) is 5.82 Å². The number of nitrogens with two attached hydrogens (primary N) is 1. The van der Waals surface area contributed by atoms with E-state index in [9.17, 15) is 0 Å². The average molecular weight is 290 g/mol. The van der Waals surface area contributed by atoms with Crippen LogP contribution in [0.2, 0.25) is 0 Å². The molecule has 1 aliphatic heterocycles. The van der Waals surface area contributed by atoms with E-state index < -0.39 is 0 Å². The normalized spacial score (nSPS) is 16.8. The lowest BCUT2D eigenvalue weighted by atomic mass is 10.1. The molecular formula is C14H22N6O. The highest BCUT2D eigenvalue weighted by Crippen LogP contribution is 2.25. The number of anilines is 1. The Morgan fingerprint density at radius 1 is 1.33 bits per heavy atom. The predicted octanol–water partition coefficient (Wildman–Crippen LogP) is 0.698. The fourth-order valence-corrected chi connectivity index (χ4v) is 2.77. The Balaban J connectivity index is 1.66. The van der Waals surface area contributed by atoms with Gasteiger partial charge in [0.2, 0.25) is 0 Å². The van der Waals surface area contributed by atoms with Gasteiger partial charge in [0.1, 0.15) is 12.1 Å². The molecule has 3 rings (SSSR count). The van der Waals surface area contributed by atoms with Crippen LogP contribution < -0.4 is 10.6 Å². The minimum atomic E-state index is 0.346. The highest BCUT2D eigenvalue weighted by molar-refractivity contribution is 5.86. The van der Waals surface area contributed by atoms with Crippen LogP contribution in [0.25, 0.3) is 11.0 Å². The van der Waals surface area contributed by atoms with Crippen LogP contribution in [0.1, 0.15) is 19.3 Å². The second-order valence-electron chi connectivity index (χ2n) is 5.40. The number of fused-ring (bicyclic) bond motifs is 1. The van der Waals surface area contributed by atoms with Gasteiger partial charge in [-0.15, -0.1) is 0 Å². The molecule has 0 atom stereocenters. The summed E-state index contributed by atoms with van der Waals surface area (Å²) in [4.78, 5) is 11.0. The fourth-order valence-electron chi connectivity index (χ4n) is 2.77. The molecule has 7 nitrogen and oxygen atoms in total. The molecule has 3 heterocycles. The van der Waals surface area contributed by atoms with Gasteiger partial charge in [0.15, 0.2) is 5.65 Å². The van der Waals surface area contributed by atoms with E-state index >= 15 is 0 Å². The molecule has 2 N–H and O–H groups in total. The van der Waals surface area contributed by atoms with Crippen LogP contribution in [0.5, 0.6) is 0 Å². The fraction of sp³-hybridized carbons (Fsp3) is 0.643. The number of hydrogen-bond acceptors (Lipinski definition) is 6. The van der Waals surface area contributed by atoms with Crippen molar-refractivity contribution in [2.24, 2.45) is 12.8 Å². The van der Waals surface area contributed by atoms with Gasteiger partial charge in [0.25, 0.3) is 0 Å². The zero-order valence-corrected chi connectivity index (χ0v) is 12.4. The molecule has 1 saturated heterocycles. The van der Waals surface area contributed by atoms with Crippen LogP contribution >= 0.6 is 0 Å². The second-order valence-corrected chi connectivity index (χ2v) is 5.40. The summed E-state index contributed by atoms with van der Waals surface area (Å²) < 4.78 is 7.62. The molecule has 0 radical (unpaired) electrons. The van der Waals surface area contributed by atoms with E-state index in [1.807, 2.05) is 13.2 Å². The summed E-state index contributed by atoms with van der Waals surface area (Å²) >= 11 is 0. The third kappa shape index (κ3) is 2.98. The van der Waals surface area contributed by atoms with Gasteiger partial charge in [0.05, 0.1) is 17.7 Å². The maximum Gasteiger partial charge on any atom is 0.163 e. The Bertz CT molecular complexity index is 590. The van der Waals surface area contributed by atoms with Crippen LogP contribution in [0.15, 0.2) is 12.5 Å². The average Bonchev–Trinajstić information content (AvgIpc) is 2.90. The summed E-state index contributed by atoms with van der Waals surface area (Å²) in [5, 5.41) is 5.28. The van der Waals surface area contributed by atoms with Gasteiger partial charge in [-0.1, -0.05) is 0 Å². The summed E-state index contributed by atoms with van der Waals surface area (Å²) in [7, 11) is 1.90. The number of aryl methyl sites for hydroxylation is 1. The van der Waals surface area contributed by atoms with Crippen molar-refractivity contribution in [3.63, 3.8) is 0 Å². The van der Waals surface area contributed by atoms with E-state index in [0.29, 0.717) is 12.6 Å². The highest BCUT2D eigenvalue weighted by Gasteiger charge is 2.22. The summed E-state index contributed by atoms with van der Waals surface area (Å²) in [5.41, 5.74) is 6.36. The van der Waals surface area contributed by atoms with Gasteiger partial charge in [-0.3, -0.25) is 4.68 Å². The molecule has 21 heavy (non-hydrogen) atoms. The van der Waals surface area contributed by atoms with Crippen molar-refractivity contribution >= 4 is 16.9 Å². The van der Waals surface area contributed by atoms with Gasteiger partial charge in [0, 0.05) is 26.7 Å². The lowest BCUT2D eigenvalue weighted by Crippen LogP contribution is -2.37. The zero-order valence-electron chi connectivity index (χ0n) is 12.4. The zero-order chi connectivity index (χ0) is 14.7. The number of rotatable bonds is 5. The maximum absolute atomic E-state index is 5.84. The van der Waals surface area contributed by atoms with Gasteiger partial charge in [-0.25, -0.2) is 9.97 Å². The Hall–Kier alpha value is -1.73. The molecule has 0 aromatic carbocycles. The van der Waals surface area contributed by atoms with E-state index in [-0.39, 0.29) is 0 Å². The first kappa shape index (κ1) is 14.2. The quantitative estimate of drug-likeness (QED) is 0.816. The highest BCUT2D eigenvalue weighted by atomic mass is 16.5. The third-order valence-electron chi connectivity index (χ3n) is 3.95. The minimum absolute atomic E-state index is 0.346. The molecule has 7 heteroatoms. The Morgan fingerprint density at radius 2 is 2.14 bits per heavy atom. The number of nitrogens with zero attached hydrogens (tertiary/aromatic N) is 5. The van der Waals surface area contributed by atoms with Crippen molar-refractivity contribution in [1.29, 1.82) is 0 Å². The van der Waals surface area contributed by atoms with Crippen molar-refractivity contribution in [3.8, 4) is 0 Å². The van der Waals surface area contributed by atoms with E-state index in [4.69, 9.17) is 10.5 Å². The summed E-state index contributed by atoms with van der Waals surface area (Å²) in [5.74, 6) is 0.980. The van der Waals surface area contributed by atoms with Crippen LogP contribution in [0, 0.1) is 0 Å². The van der Waals surface area contributed by atoms with Crippen LogP contribution in [0.3, 0.4) is 0 Å². The summed E-state index contributed by atoms with van der Waals surface area (Å²) in [6, 6.07) is 0. The van der Waals surface area contributed by atoms with E-state index in [0.717, 1.165) is 55.8 Å². The molecule has 1 aliphatic rings. The monoisotopic (exact) mass is 290 g/mol. The van der Waals surface area contributed by atoms with Crippen molar-refractivity contribution in [2.45, 2.75) is 25.4 Å². The molecular weight excluding hydrogens is 268 g/mol. The van der Waals surface area contributed by atoms with Gasteiger partial charge in [-0.05, 0) is 25.8 Å². The molecule has 114 valence electrons. The molecule has 2 aromatic heterocycles. The van der Waals surface area contributed by atoms with Crippen molar-refractivity contribution in [1.82, 2.24) is 19.7 Å². The number of ether oxygens (including phenoxy) is 1. The van der Waals surface area contributed by atoms with Gasteiger partial charge < -0.3 is 15.4 Å². The molecule has 0 unspecified atom stereocenters. The second kappa shape index (κ2) is 6.36. The molecule has 1 fully saturated rings. The Kier molecular flexibility index (Phi) is 4.31. The van der Waals surface area contributed by atoms with E-state index in [1.54, 1.807) is 11.0 Å². The van der Waals surface area contributed by atoms with Crippen molar-refractivity contribution in [2.75, 3.05) is 31.1 Å². The first-order valence-corrected chi connectivity index (χ1v) is 7.49. The summed E-state index contributed by atoms with van der Waals surface area (Å²) in [6.07, 6.45) is 6.78.